The average molecular weight is 316 g/mol. The molecule has 120 valence electrons. The predicted octanol–water partition coefficient (Wildman–Crippen LogP) is 2.04. The third-order valence-corrected chi connectivity index (χ3v) is 5.53. The van der Waals surface area contributed by atoms with Crippen molar-refractivity contribution < 1.29 is 19.2 Å². The van der Waals surface area contributed by atoms with Crippen LogP contribution >= 0.6 is 0 Å². The average Bonchev–Trinajstić information content (AvgIpc) is 3.04. The zero-order chi connectivity index (χ0) is 16.6. The molecule has 0 aliphatic carbocycles. The number of nitrogens with zero attached hydrogens (tertiary/aromatic N) is 2. The molecule has 1 aromatic carbocycles. The molecule has 0 spiro atoms. The van der Waals surface area contributed by atoms with Crippen LogP contribution in [0.5, 0.6) is 0 Å². The molecule has 1 aromatic rings. The van der Waals surface area contributed by atoms with Gasteiger partial charge >= 0.3 is 0 Å². The number of hydrogen-bond acceptors (Lipinski definition) is 5. The Balaban J connectivity index is 1.84. The Morgan fingerprint density at radius 1 is 1.13 bits per heavy atom. The molecule has 3 heterocycles. The summed E-state index contributed by atoms with van der Waals surface area (Å²) in [4.78, 5) is 37.5. The fourth-order valence-corrected chi connectivity index (χ4v) is 4.51. The van der Waals surface area contributed by atoms with E-state index in [-0.39, 0.29) is 23.2 Å². The van der Waals surface area contributed by atoms with Crippen LogP contribution in [0.15, 0.2) is 24.3 Å². The van der Waals surface area contributed by atoms with E-state index < -0.39 is 28.0 Å². The maximum absolute atomic E-state index is 12.9. The van der Waals surface area contributed by atoms with E-state index in [1.54, 1.807) is 6.07 Å². The first-order valence-corrected chi connectivity index (χ1v) is 7.60. The number of nitro groups is 1. The van der Waals surface area contributed by atoms with Crippen LogP contribution in [-0.2, 0) is 14.3 Å². The summed E-state index contributed by atoms with van der Waals surface area (Å²) in [5.41, 5.74) is -1.51. The quantitative estimate of drug-likeness (QED) is 0.473. The van der Waals surface area contributed by atoms with E-state index in [0.717, 1.165) is 4.90 Å². The fraction of sp³-hybridized carbons (Fsp3) is 0.500. The number of benzene rings is 1. The molecule has 3 saturated heterocycles. The molecule has 0 aromatic heterocycles. The molecule has 3 aliphatic rings. The third-order valence-electron chi connectivity index (χ3n) is 5.53. The lowest BCUT2D eigenvalue weighted by Gasteiger charge is -2.27. The van der Waals surface area contributed by atoms with Gasteiger partial charge in [0.2, 0.25) is 11.8 Å². The summed E-state index contributed by atoms with van der Waals surface area (Å²) in [6.45, 7) is 3.72. The van der Waals surface area contributed by atoms with Crippen LogP contribution < -0.4 is 4.90 Å². The Kier molecular flexibility index (Phi) is 2.60. The number of para-hydroxylation sites is 2. The predicted molar refractivity (Wildman–Crippen MR) is 79.7 cm³/mol. The maximum atomic E-state index is 12.9. The smallest absolute Gasteiger partial charge is 0.293 e. The van der Waals surface area contributed by atoms with Gasteiger partial charge in [-0.05, 0) is 32.8 Å². The maximum Gasteiger partial charge on any atom is 0.293 e. The lowest BCUT2D eigenvalue weighted by Crippen LogP contribution is -2.40. The van der Waals surface area contributed by atoms with Crippen LogP contribution in [0.25, 0.3) is 0 Å². The first-order chi connectivity index (χ1) is 10.8. The van der Waals surface area contributed by atoms with Crippen molar-refractivity contribution in [2.24, 2.45) is 11.8 Å². The second kappa shape index (κ2) is 4.17. The van der Waals surface area contributed by atoms with Gasteiger partial charge in [-0.1, -0.05) is 12.1 Å². The van der Waals surface area contributed by atoms with Crippen molar-refractivity contribution >= 4 is 23.2 Å². The van der Waals surface area contributed by atoms with Crippen molar-refractivity contribution in [1.29, 1.82) is 0 Å². The van der Waals surface area contributed by atoms with Gasteiger partial charge in [-0.3, -0.25) is 19.7 Å². The summed E-state index contributed by atoms with van der Waals surface area (Å²) in [5.74, 6) is -1.90. The highest BCUT2D eigenvalue weighted by Gasteiger charge is 2.72. The number of carbonyl (C=O) groups excluding carboxylic acids is 2. The van der Waals surface area contributed by atoms with Crippen molar-refractivity contribution in [3.8, 4) is 0 Å². The second-order valence-corrected chi connectivity index (χ2v) is 6.94. The summed E-state index contributed by atoms with van der Waals surface area (Å²) in [6.07, 6.45) is 1.43. The minimum atomic E-state index is -0.662. The Morgan fingerprint density at radius 2 is 1.65 bits per heavy atom. The minimum Gasteiger partial charge on any atom is -0.367 e. The number of amides is 2. The molecule has 4 unspecified atom stereocenters. The van der Waals surface area contributed by atoms with E-state index in [9.17, 15) is 19.7 Å². The largest absolute Gasteiger partial charge is 0.367 e. The van der Waals surface area contributed by atoms with Gasteiger partial charge in [0, 0.05) is 6.07 Å². The molecule has 4 rings (SSSR count). The van der Waals surface area contributed by atoms with E-state index in [1.807, 2.05) is 13.8 Å². The van der Waals surface area contributed by atoms with E-state index >= 15 is 0 Å². The molecule has 23 heavy (non-hydrogen) atoms. The van der Waals surface area contributed by atoms with E-state index in [2.05, 4.69) is 0 Å². The van der Waals surface area contributed by atoms with Gasteiger partial charge in [0.1, 0.15) is 5.69 Å². The van der Waals surface area contributed by atoms with Gasteiger partial charge in [-0.15, -0.1) is 0 Å². The molecule has 0 radical (unpaired) electrons. The molecule has 0 N–H and O–H groups in total. The number of fused-ring (bicyclic) bond motifs is 5. The summed E-state index contributed by atoms with van der Waals surface area (Å²) in [5, 5.41) is 11.2. The van der Waals surface area contributed by atoms with Crippen molar-refractivity contribution in [2.45, 2.75) is 37.9 Å². The van der Waals surface area contributed by atoms with Crippen LogP contribution in [0, 0.1) is 22.0 Å². The Bertz CT molecular complexity index is 729. The number of hydrogen-bond donors (Lipinski definition) is 0. The van der Waals surface area contributed by atoms with Gasteiger partial charge in [0.25, 0.3) is 5.69 Å². The molecule has 0 saturated carbocycles. The number of imide groups is 1. The molecule has 3 fully saturated rings. The zero-order valence-electron chi connectivity index (χ0n) is 12.8. The van der Waals surface area contributed by atoms with Crippen molar-refractivity contribution in [3.63, 3.8) is 0 Å². The first-order valence-electron chi connectivity index (χ1n) is 7.60. The van der Waals surface area contributed by atoms with E-state index in [4.69, 9.17) is 4.74 Å². The molecule has 3 aliphatic heterocycles. The number of nitro benzene ring substituents is 1. The summed E-state index contributed by atoms with van der Waals surface area (Å²) >= 11 is 0. The van der Waals surface area contributed by atoms with Gasteiger partial charge < -0.3 is 4.74 Å². The monoisotopic (exact) mass is 316 g/mol. The fourth-order valence-electron chi connectivity index (χ4n) is 4.51. The Hall–Kier alpha value is -2.28. The standard InChI is InChI=1S/C16H16N2O5/c1-15-7-8-16(2,23-15)12-11(15)13(19)17(14(12)20)9-5-3-4-6-10(9)18(21)22/h3-6,11-12H,7-8H2,1-2H3. The molecule has 2 amide bonds. The Morgan fingerprint density at radius 3 is 2.17 bits per heavy atom. The zero-order valence-corrected chi connectivity index (χ0v) is 12.8. The lowest BCUT2D eigenvalue weighted by molar-refractivity contribution is -0.384. The van der Waals surface area contributed by atoms with Gasteiger partial charge in [-0.2, -0.15) is 0 Å². The molecular weight excluding hydrogens is 300 g/mol. The van der Waals surface area contributed by atoms with Crippen molar-refractivity contribution in [1.82, 2.24) is 0 Å². The number of ether oxygens (including phenoxy) is 1. The molecule has 7 heteroatoms. The van der Waals surface area contributed by atoms with Gasteiger partial charge in [0.15, 0.2) is 0 Å². The highest BCUT2D eigenvalue weighted by atomic mass is 16.6. The topological polar surface area (TPSA) is 89.8 Å². The first kappa shape index (κ1) is 14.3. The summed E-state index contributed by atoms with van der Waals surface area (Å²) in [6, 6.07) is 5.86. The van der Waals surface area contributed by atoms with Crippen LogP contribution in [-0.4, -0.2) is 27.9 Å². The minimum absolute atomic E-state index is 0.0495. The van der Waals surface area contributed by atoms with Crippen LogP contribution in [0.2, 0.25) is 0 Å². The highest BCUT2D eigenvalue weighted by Crippen LogP contribution is 2.61. The Labute approximate surface area is 132 Å². The van der Waals surface area contributed by atoms with Crippen LogP contribution in [0.1, 0.15) is 26.7 Å². The van der Waals surface area contributed by atoms with Crippen molar-refractivity contribution in [2.75, 3.05) is 4.90 Å². The third kappa shape index (κ3) is 1.63. The van der Waals surface area contributed by atoms with Crippen LogP contribution in [0.4, 0.5) is 11.4 Å². The van der Waals surface area contributed by atoms with Crippen molar-refractivity contribution in [3.05, 3.63) is 34.4 Å². The lowest BCUT2D eigenvalue weighted by atomic mass is 9.69. The molecule has 4 atom stereocenters. The van der Waals surface area contributed by atoms with E-state index in [0.29, 0.717) is 12.8 Å². The van der Waals surface area contributed by atoms with E-state index in [1.165, 1.54) is 18.2 Å². The number of carbonyl (C=O) groups is 2. The highest BCUT2D eigenvalue weighted by molar-refractivity contribution is 6.24. The summed E-state index contributed by atoms with van der Waals surface area (Å²) in [7, 11) is 0. The number of rotatable bonds is 2. The van der Waals surface area contributed by atoms with Gasteiger partial charge in [0.05, 0.1) is 28.0 Å². The normalized spacial score (nSPS) is 38.3. The molecule has 2 bridgehead atoms. The van der Waals surface area contributed by atoms with Gasteiger partial charge in [-0.25, -0.2) is 4.90 Å². The molecule has 7 nitrogen and oxygen atoms in total. The van der Waals surface area contributed by atoms with Crippen LogP contribution in [0.3, 0.4) is 0 Å². The number of anilines is 1. The summed E-state index contributed by atoms with van der Waals surface area (Å²) < 4.78 is 6.01. The molecular formula is C16H16N2O5. The second-order valence-electron chi connectivity index (χ2n) is 6.94. The SMILES string of the molecule is CC12CCC(C)(O1)C1C(=O)N(c3ccccc3[N+](=O)[O-])C(=O)C12.